The predicted molar refractivity (Wildman–Crippen MR) is 156 cm³/mol. The van der Waals surface area contributed by atoms with Gasteiger partial charge in [-0.1, -0.05) is 48.4 Å². The van der Waals surface area contributed by atoms with Gasteiger partial charge >= 0.3 is 5.97 Å². The standard InChI is InChI=1S/C30H29ClFN7O4/c1-16-6-4-8-22(34-30(42)28-17(2)39(38-37-28)25-9-5-7-21(31)27(25)32)19-14-24(36-33-15-19)20-11-10-18(13-26(40)43-3)12-23(20)35-29(16)41/h5,7,9-12,14-16,22H,4,6,8,13H2,1-3H3,(H,34,42)(H,35,41)/t16?,22-/m1/s1. The van der Waals surface area contributed by atoms with Crippen LogP contribution in [0, 0.1) is 18.7 Å². The quantitative estimate of drug-likeness (QED) is 0.310. The number of halogens is 2. The molecular weight excluding hydrogens is 577 g/mol. The second-order valence-corrected chi connectivity index (χ2v) is 10.8. The van der Waals surface area contributed by atoms with Crippen molar-refractivity contribution in [1.29, 1.82) is 0 Å². The number of methoxy groups -OCH3 is 1. The molecular formula is C30H29ClFN7O4. The molecule has 2 atom stereocenters. The van der Waals surface area contributed by atoms with Crippen LogP contribution in [0.15, 0.2) is 48.7 Å². The van der Waals surface area contributed by atoms with Crippen molar-refractivity contribution in [3.63, 3.8) is 0 Å². The molecule has 2 aromatic carbocycles. The monoisotopic (exact) mass is 605 g/mol. The summed E-state index contributed by atoms with van der Waals surface area (Å²) in [6.45, 7) is 3.45. The highest BCUT2D eigenvalue weighted by Crippen LogP contribution is 2.32. The number of hydrogen-bond donors (Lipinski definition) is 2. The molecule has 0 spiro atoms. The lowest BCUT2D eigenvalue weighted by atomic mass is 9.95. The first kappa shape index (κ1) is 29.8. The van der Waals surface area contributed by atoms with Crippen LogP contribution >= 0.6 is 11.6 Å². The van der Waals surface area contributed by atoms with Crippen molar-refractivity contribution in [2.45, 2.75) is 45.6 Å². The number of esters is 1. The fourth-order valence-electron chi connectivity index (χ4n) is 4.96. The summed E-state index contributed by atoms with van der Waals surface area (Å²) in [6.07, 6.45) is 3.31. The lowest BCUT2D eigenvalue weighted by Gasteiger charge is -2.22. The number of carbonyl (C=O) groups is 3. The Balaban J connectivity index is 1.48. The molecule has 0 saturated carbocycles. The normalized spacial score (nSPS) is 16.7. The Morgan fingerprint density at radius 1 is 1.19 bits per heavy atom. The number of amides is 2. The van der Waals surface area contributed by atoms with E-state index in [4.69, 9.17) is 16.3 Å². The molecule has 2 bridgehead atoms. The first-order valence-electron chi connectivity index (χ1n) is 13.7. The topological polar surface area (TPSA) is 141 Å². The van der Waals surface area contributed by atoms with Crippen LogP contribution in [0.2, 0.25) is 5.02 Å². The van der Waals surface area contributed by atoms with E-state index in [1.165, 1.54) is 23.9 Å². The highest BCUT2D eigenvalue weighted by atomic mass is 35.5. The highest BCUT2D eigenvalue weighted by Gasteiger charge is 2.25. The SMILES string of the molecule is COC(=O)Cc1ccc2c(c1)NC(=O)C(C)CCC[C@@H](NC(=O)c1nnn(-c3cccc(Cl)c3F)c1C)c1cnnc-2c1. The second-order valence-electron chi connectivity index (χ2n) is 10.4. The van der Waals surface area contributed by atoms with Crippen LogP contribution in [0.25, 0.3) is 16.9 Å². The van der Waals surface area contributed by atoms with Crippen LogP contribution in [-0.2, 0) is 20.7 Å². The van der Waals surface area contributed by atoms with Gasteiger partial charge in [0.1, 0.15) is 5.69 Å². The van der Waals surface area contributed by atoms with Gasteiger partial charge in [0.25, 0.3) is 5.91 Å². The fraction of sp³-hybridized carbons (Fsp3) is 0.300. The Morgan fingerprint density at radius 2 is 2.00 bits per heavy atom. The van der Waals surface area contributed by atoms with Crippen molar-refractivity contribution >= 4 is 35.1 Å². The number of nitrogens with one attached hydrogen (secondary N) is 2. The summed E-state index contributed by atoms with van der Waals surface area (Å²) >= 11 is 5.94. The molecule has 13 heteroatoms. The molecule has 11 nitrogen and oxygen atoms in total. The van der Waals surface area contributed by atoms with E-state index in [2.05, 4.69) is 31.1 Å². The molecule has 2 aromatic heterocycles. The van der Waals surface area contributed by atoms with Gasteiger partial charge in [-0.3, -0.25) is 14.4 Å². The van der Waals surface area contributed by atoms with Crippen LogP contribution in [0.1, 0.15) is 59.5 Å². The lowest BCUT2D eigenvalue weighted by Crippen LogP contribution is -2.30. The minimum atomic E-state index is -0.672. The van der Waals surface area contributed by atoms with E-state index in [0.29, 0.717) is 53.0 Å². The molecule has 0 radical (unpaired) electrons. The highest BCUT2D eigenvalue weighted by molar-refractivity contribution is 6.30. The summed E-state index contributed by atoms with van der Waals surface area (Å²) in [4.78, 5) is 38.4. The summed E-state index contributed by atoms with van der Waals surface area (Å²) in [5, 5.41) is 22.4. The maximum Gasteiger partial charge on any atom is 0.309 e. The molecule has 0 fully saturated rings. The van der Waals surface area contributed by atoms with E-state index in [1.807, 2.05) is 6.92 Å². The zero-order valence-corrected chi connectivity index (χ0v) is 24.5. The van der Waals surface area contributed by atoms with E-state index in [-0.39, 0.29) is 34.6 Å². The van der Waals surface area contributed by atoms with Crippen molar-refractivity contribution < 1.29 is 23.5 Å². The molecule has 0 saturated heterocycles. The summed E-state index contributed by atoms with van der Waals surface area (Å²) in [7, 11) is 1.32. The molecule has 1 aliphatic rings. The molecule has 0 aliphatic carbocycles. The Kier molecular flexibility index (Phi) is 8.76. The molecule has 5 rings (SSSR count). The Morgan fingerprint density at radius 3 is 2.79 bits per heavy atom. The number of ether oxygens (including phenoxy) is 1. The van der Waals surface area contributed by atoms with Gasteiger partial charge in [-0.2, -0.15) is 10.2 Å². The molecule has 2 amide bonds. The largest absolute Gasteiger partial charge is 0.469 e. The maximum absolute atomic E-state index is 14.7. The van der Waals surface area contributed by atoms with Crippen molar-refractivity contribution in [3.8, 4) is 16.9 Å². The van der Waals surface area contributed by atoms with Gasteiger partial charge in [-0.05, 0) is 55.2 Å². The average molecular weight is 606 g/mol. The van der Waals surface area contributed by atoms with Crippen LogP contribution in [0.4, 0.5) is 10.1 Å². The van der Waals surface area contributed by atoms with Crippen LogP contribution in [0.3, 0.4) is 0 Å². The summed E-state index contributed by atoms with van der Waals surface area (Å²) < 4.78 is 20.7. The van der Waals surface area contributed by atoms with E-state index < -0.39 is 23.7 Å². The maximum atomic E-state index is 14.7. The van der Waals surface area contributed by atoms with Gasteiger partial charge in [0.15, 0.2) is 11.5 Å². The molecule has 2 N–H and O–H groups in total. The lowest BCUT2D eigenvalue weighted by molar-refractivity contribution is -0.139. The Bertz CT molecular complexity index is 1710. The molecule has 43 heavy (non-hydrogen) atoms. The van der Waals surface area contributed by atoms with Gasteiger partial charge in [0.05, 0.1) is 47.9 Å². The number of aromatic nitrogens is 5. The van der Waals surface area contributed by atoms with Crippen molar-refractivity contribution in [3.05, 3.63) is 82.0 Å². The minimum Gasteiger partial charge on any atom is -0.469 e. The summed E-state index contributed by atoms with van der Waals surface area (Å²) in [6, 6.07) is 11.1. The van der Waals surface area contributed by atoms with Gasteiger partial charge in [-0.15, -0.1) is 5.10 Å². The molecule has 1 unspecified atom stereocenters. The zero-order valence-electron chi connectivity index (χ0n) is 23.7. The number of rotatable bonds is 5. The van der Waals surface area contributed by atoms with Crippen molar-refractivity contribution in [1.82, 2.24) is 30.5 Å². The molecule has 222 valence electrons. The van der Waals surface area contributed by atoms with Gasteiger partial charge < -0.3 is 15.4 Å². The number of carbonyl (C=O) groups excluding carboxylic acids is 3. The number of hydrogen-bond acceptors (Lipinski definition) is 8. The first-order valence-corrected chi connectivity index (χ1v) is 14.0. The van der Waals surface area contributed by atoms with Crippen LogP contribution in [0.5, 0.6) is 0 Å². The Hall–Kier alpha value is -4.71. The number of benzene rings is 2. The van der Waals surface area contributed by atoms with Gasteiger partial charge in [-0.25, -0.2) is 9.07 Å². The van der Waals surface area contributed by atoms with E-state index in [0.717, 1.165) is 0 Å². The van der Waals surface area contributed by atoms with E-state index in [1.54, 1.807) is 43.5 Å². The molecule has 3 heterocycles. The third kappa shape index (κ3) is 6.38. The average Bonchev–Trinajstić information content (AvgIpc) is 3.38. The predicted octanol–water partition coefficient (Wildman–Crippen LogP) is 4.77. The van der Waals surface area contributed by atoms with Crippen LogP contribution < -0.4 is 10.6 Å². The Labute approximate surface area is 251 Å². The number of anilines is 1. The number of nitrogens with zero attached hydrogens (tertiary/aromatic N) is 5. The van der Waals surface area contributed by atoms with Gasteiger partial charge in [0, 0.05) is 11.5 Å². The summed E-state index contributed by atoms with van der Waals surface area (Å²) in [5.41, 5.74) is 3.39. The first-order chi connectivity index (χ1) is 20.7. The van der Waals surface area contributed by atoms with E-state index >= 15 is 0 Å². The zero-order chi connectivity index (χ0) is 30.7. The fourth-order valence-corrected chi connectivity index (χ4v) is 5.13. The van der Waals surface area contributed by atoms with Crippen LogP contribution in [-0.4, -0.2) is 50.1 Å². The molecule has 4 aromatic rings. The third-order valence-electron chi connectivity index (χ3n) is 7.42. The minimum absolute atomic E-state index is 0.0314. The smallest absolute Gasteiger partial charge is 0.309 e. The van der Waals surface area contributed by atoms with Crippen molar-refractivity contribution in [2.24, 2.45) is 5.92 Å². The number of fused-ring (bicyclic) bond motifs is 4. The molecule has 1 aliphatic heterocycles. The third-order valence-corrected chi connectivity index (χ3v) is 7.72. The van der Waals surface area contributed by atoms with Gasteiger partial charge in [0.2, 0.25) is 5.91 Å². The van der Waals surface area contributed by atoms with E-state index in [9.17, 15) is 18.8 Å². The summed E-state index contributed by atoms with van der Waals surface area (Å²) in [5.74, 6) is -2.08. The van der Waals surface area contributed by atoms with Crippen molar-refractivity contribution in [2.75, 3.05) is 12.4 Å². The second kappa shape index (κ2) is 12.7.